The molecule has 0 saturated carbocycles. The minimum atomic E-state index is -5.03. The van der Waals surface area contributed by atoms with Crippen LogP contribution in [0.15, 0.2) is 67.0 Å². The highest BCUT2D eigenvalue weighted by molar-refractivity contribution is 6.31. The molecule has 1 aliphatic heterocycles. The van der Waals surface area contributed by atoms with E-state index in [0.717, 1.165) is 22.6 Å². The van der Waals surface area contributed by atoms with Crippen molar-refractivity contribution < 1.29 is 35.9 Å². The van der Waals surface area contributed by atoms with Crippen LogP contribution in [0.4, 0.5) is 26.3 Å². The van der Waals surface area contributed by atoms with Gasteiger partial charge in [0.05, 0.1) is 23.7 Å². The molecule has 1 amide bonds. The number of benzene rings is 2. The molecule has 0 N–H and O–H groups in total. The Morgan fingerprint density at radius 2 is 1.63 bits per heavy atom. The van der Waals surface area contributed by atoms with Crippen LogP contribution in [0.5, 0.6) is 0 Å². The van der Waals surface area contributed by atoms with Crippen molar-refractivity contribution in [2.24, 2.45) is 0 Å². The normalized spacial score (nSPS) is 15.9. The van der Waals surface area contributed by atoms with E-state index in [1.807, 2.05) is 0 Å². The van der Waals surface area contributed by atoms with E-state index in [1.165, 1.54) is 12.1 Å². The average Bonchev–Trinajstić information content (AvgIpc) is 3.56. The molecule has 3 heterocycles. The second-order valence-electron chi connectivity index (χ2n) is 9.48. The number of pyridine rings is 1. The smallest absolute Gasteiger partial charge is 0.416 e. The van der Waals surface area contributed by atoms with Crippen molar-refractivity contribution in [3.8, 4) is 11.3 Å². The van der Waals surface area contributed by atoms with Crippen LogP contribution in [-0.4, -0.2) is 32.3 Å². The molecular formula is C27H20ClF6N5O2. The van der Waals surface area contributed by atoms with E-state index in [4.69, 9.17) is 11.6 Å². The van der Waals surface area contributed by atoms with Crippen LogP contribution in [0.2, 0.25) is 5.02 Å². The molecule has 1 fully saturated rings. The highest BCUT2D eigenvalue weighted by atomic mass is 35.5. The van der Waals surface area contributed by atoms with Crippen LogP contribution in [0.1, 0.15) is 51.6 Å². The predicted molar refractivity (Wildman–Crippen MR) is 134 cm³/mol. The van der Waals surface area contributed by atoms with Crippen molar-refractivity contribution in [3.63, 3.8) is 0 Å². The van der Waals surface area contributed by atoms with Gasteiger partial charge in [0.2, 0.25) is 0 Å². The summed E-state index contributed by atoms with van der Waals surface area (Å²) in [7, 11) is 0. The number of amides is 1. The summed E-state index contributed by atoms with van der Waals surface area (Å²) >= 11 is 6.38. The summed E-state index contributed by atoms with van der Waals surface area (Å²) in [6.45, 7) is -0.207. The SMILES string of the molecule is O=C(c1nnn(Cc2cc(C(F)(F)F)cc(C(F)(F)F)c2)c1-c1cc[n+]([O-])cc1)N1CCC[C@@H]1c1ccccc1Cl. The summed E-state index contributed by atoms with van der Waals surface area (Å²) in [5, 5.41) is 20.1. The molecule has 0 spiro atoms. The van der Waals surface area contributed by atoms with E-state index >= 15 is 0 Å². The van der Waals surface area contributed by atoms with E-state index in [2.05, 4.69) is 10.3 Å². The maximum Gasteiger partial charge on any atom is 0.416 e. The second kappa shape index (κ2) is 10.7. The molecule has 0 unspecified atom stereocenters. The van der Waals surface area contributed by atoms with Gasteiger partial charge in [-0.2, -0.15) is 31.1 Å². The molecule has 0 aliphatic carbocycles. The first-order valence-electron chi connectivity index (χ1n) is 12.3. The molecule has 7 nitrogen and oxygen atoms in total. The van der Waals surface area contributed by atoms with Gasteiger partial charge in [0.1, 0.15) is 5.69 Å². The lowest BCUT2D eigenvalue weighted by Crippen LogP contribution is -2.31. The molecular weight excluding hydrogens is 576 g/mol. The van der Waals surface area contributed by atoms with E-state index in [0.29, 0.717) is 41.3 Å². The van der Waals surface area contributed by atoms with Crippen LogP contribution < -0.4 is 4.73 Å². The summed E-state index contributed by atoms with van der Waals surface area (Å²) in [5.74, 6) is -0.549. The second-order valence-corrected chi connectivity index (χ2v) is 9.89. The molecule has 1 aliphatic rings. The number of hydrogen-bond acceptors (Lipinski definition) is 4. The zero-order chi connectivity index (χ0) is 29.5. The standard InChI is InChI=1S/C27H20ClF6N5O2/c28-21-5-2-1-4-20(21)22-6-3-9-38(22)25(40)23-24(17-7-10-37(41)11-8-17)39(36-35-23)15-16-12-18(26(29,30)31)14-19(13-16)27(32,33)34/h1-2,4-5,7-8,10-14,22H,3,6,9,15H2/t22-/m1/s1. The van der Waals surface area contributed by atoms with Gasteiger partial charge in [0, 0.05) is 29.3 Å². The van der Waals surface area contributed by atoms with Crippen LogP contribution in [-0.2, 0) is 18.9 Å². The third-order valence-electron chi connectivity index (χ3n) is 6.77. The number of rotatable bonds is 5. The van der Waals surface area contributed by atoms with E-state index in [9.17, 15) is 36.3 Å². The van der Waals surface area contributed by atoms with Gasteiger partial charge in [-0.05, 0) is 48.2 Å². The van der Waals surface area contributed by atoms with Gasteiger partial charge in [-0.15, -0.1) is 5.10 Å². The van der Waals surface area contributed by atoms with Gasteiger partial charge >= 0.3 is 12.4 Å². The first-order valence-corrected chi connectivity index (χ1v) is 12.7. The fourth-order valence-corrected chi connectivity index (χ4v) is 5.18. The first-order chi connectivity index (χ1) is 19.3. The third-order valence-corrected chi connectivity index (χ3v) is 7.12. The summed E-state index contributed by atoms with van der Waals surface area (Å²) in [5.41, 5.74) is -2.46. The number of halogens is 7. The lowest BCUT2D eigenvalue weighted by Gasteiger charge is -2.25. The Balaban J connectivity index is 1.59. The maximum absolute atomic E-state index is 13.8. The largest absolute Gasteiger partial charge is 0.619 e. The van der Waals surface area contributed by atoms with Crippen LogP contribution in [0.25, 0.3) is 11.3 Å². The summed E-state index contributed by atoms with van der Waals surface area (Å²) in [6, 6.07) is 10.6. The number of aromatic nitrogens is 4. The maximum atomic E-state index is 13.8. The van der Waals surface area contributed by atoms with Crippen molar-refractivity contribution in [3.05, 3.63) is 105 Å². The summed E-state index contributed by atoms with van der Waals surface area (Å²) < 4.78 is 82.2. The Bertz CT molecular complexity index is 1550. The Morgan fingerprint density at radius 3 is 2.24 bits per heavy atom. The van der Waals surface area contributed by atoms with E-state index < -0.39 is 35.9 Å². The molecule has 2 aromatic carbocycles. The first kappa shape index (κ1) is 28.4. The monoisotopic (exact) mass is 595 g/mol. The van der Waals surface area contributed by atoms with Gasteiger partial charge in [-0.3, -0.25) is 4.79 Å². The van der Waals surface area contributed by atoms with Gasteiger partial charge in [-0.1, -0.05) is 35.0 Å². The van der Waals surface area contributed by atoms with Crippen LogP contribution in [0.3, 0.4) is 0 Å². The molecule has 4 aromatic rings. The molecule has 1 saturated heterocycles. The molecule has 214 valence electrons. The average molecular weight is 596 g/mol. The molecule has 2 aromatic heterocycles. The lowest BCUT2D eigenvalue weighted by atomic mass is 10.0. The number of likely N-dealkylation sites (tertiary alicyclic amines) is 1. The number of hydrogen-bond donors (Lipinski definition) is 0. The fraction of sp³-hybridized carbons (Fsp3) is 0.259. The van der Waals surface area contributed by atoms with Gasteiger partial charge in [0.15, 0.2) is 18.1 Å². The van der Waals surface area contributed by atoms with Crippen LogP contribution >= 0.6 is 11.6 Å². The number of alkyl halides is 6. The van der Waals surface area contributed by atoms with Crippen LogP contribution in [0, 0.1) is 5.21 Å². The van der Waals surface area contributed by atoms with Crippen molar-refractivity contribution in [1.82, 2.24) is 19.9 Å². The summed E-state index contributed by atoms with van der Waals surface area (Å²) in [4.78, 5) is 15.4. The zero-order valence-corrected chi connectivity index (χ0v) is 21.7. The minimum Gasteiger partial charge on any atom is -0.619 e. The number of carbonyl (C=O) groups is 1. The summed E-state index contributed by atoms with van der Waals surface area (Å²) in [6.07, 6.45) is -6.52. The Morgan fingerprint density at radius 1 is 1.00 bits per heavy atom. The van der Waals surface area contributed by atoms with Crippen molar-refractivity contribution in [2.75, 3.05) is 6.54 Å². The molecule has 5 rings (SSSR count). The van der Waals surface area contributed by atoms with Crippen molar-refractivity contribution in [2.45, 2.75) is 37.8 Å². The number of nitrogens with zero attached hydrogens (tertiary/aromatic N) is 5. The minimum absolute atomic E-state index is 0.0337. The van der Waals surface area contributed by atoms with Crippen molar-refractivity contribution >= 4 is 17.5 Å². The van der Waals surface area contributed by atoms with E-state index in [1.54, 1.807) is 29.2 Å². The van der Waals surface area contributed by atoms with Crippen molar-refractivity contribution in [1.29, 1.82) is 0 Å². The lowest BCUT2D eigenvalue weighted by molar-refractivity contribution is -0.605. The van der Waals surface area contributed by atoms with Gasteiger partial charge in [0.25, 0.3) is 5.91 Å². The molecule has 1 atom stereocenters. The predicted octanol–water partition coefficient (Wildman–Crippen LogP) is 6.30. The number of carbonyl (C=O) groups excluding carboxylic acids is 1. The van der Waals surface area contributed by atoms with Gasteiger partial charge < -0.3 is 10.1 Å². The quantitative estimate of drug-likeness (QED) is 0.154. The Hall–Kier alpha value is -4.13. The topological polar surface area (TPSA) is 78.0 Å². The Labute approximate surface area is 234 Å². The zero-order valence-electron chi connectivity index (χ0n) is 21.0. The fourth-order valence-electron chi connectivity index (χ4n) is 4.92. The molecule has 0 radical (unpaired) electrons. The molecule has 14 heteroatoms. The highest BCUT2D eigenvalue weighted by Gasteiger charge is 2.38. The van der Waals surface area contributed by atoms with Gasteiger partial charge in [-0.25, -0.2) is 4.68 Å². The molecule has 41 heavy (non-hydrogen) atoms. The van der Waals surface area contributed by atoms with E-state index in [-0.39, 0.29) is 34.6 Å². The highest BCUT2D eigenvalue weighted by Crippen LogP contribution is 2.39. The molecule has 0 bridgehead atoms. The Kier molecular flexibility index (Phi) is 7.41. The third kappa shape index (κ3) is 5.85.